The van der Waals surface area contributed by atoms with Crippen molar-refractivity contribution in [3.05, 3.63) is 34.9 Å². The van der Waals surface area contributed by atoms with E-state index < -0.39 is 11.9 Å². The Labute approximate surface area is 96.7 Å². The SMILES string of the molecule is O=CCC#Cc1ccc(C(=O)O)cc1C(=O)O. The lowest BCUT2D eigenvalue weighted by molar-refractivity contribution is -0.107. The number of carboxylic acid groups (broad SMARTS) is 2. The first kappa shape index (κ1) is 12.5. The molecule has 1 rings (SSSR count). The summed E-state index contributed by atoms with van der Waals surface area (Å²) in [6.45, 7) is 0. The van der Waals surface area contributed by atoms with Crippen LogP contribution in [-0.4, -0.2) is 28.4 Å². The molecule has 0 fully saturated rings. The quantitative estimate of drug-likeness (QED) is 0.599. The highest BCUT2D eigenvalue weighted by atomic mass is 16.4. The number of carbonyl (C=O) groups is 3. The molecule has 0 aliphatic rings. The normalized spacial score (nSPS) is 8.94. The summed E-state index contributed by atoms with van der Waals surface area (Å²) in [6.07, 6.45) is 0.596. The van der Waals surface area contributed by atoms with Gasteiger partial charge in [-0.1, -0.05) is 11.8 Å². The third kappa shape index (κ3) is 3.18. The van der Waals surface area contributed by atoms with Crippen LogP contribution in [0.5, 0.6) is 0 Å². The van der Waals surface area contributed by atoms with Gasteiger partial charge < -0.3 is 15.0 Å². The molecule has 0 atom stereocenters. The topological polar surface area (TPSA) is 91.7 Å². The predicted octanol–water partition coefficient (Wildman–Crippen LogP) is 1.02. The third-order valence-corrected chi connectivity index (χ3v) is 1.91. The van der Waals surface area contributed by atoms with E-state index in [2.05, 4.69) is 11.8 Å². The minimum Gasteiger partial charge on any atom is -0.478 e. The highest BCUT2D eigenvalue weighted by Crippen LogP contribution is 2.11. The molecular weight excluding hydrogens is 224 g/mol. The van der Waals surface area contributed by atoms with Crippen molar-refractivity contribution in [3.8, 4) is 11.8 Å². The summed E-state index contributed by atoms with van der Waals surface area (Å²) in [4.78, 5) is 31.6. The average molecular weight is 232 g/mol. The molecule has 1 aromatic rings. The van der Waals surface area contributed by atoms with Gasteiger partial charge in [0.2, 0.25) is 0 Å². The average Bonchev–Trinajstić information content (AvgIpc) is 2.29. The molecule has 2 N–H and O–H groups in total. The van der Waals surface area contributed by atoms with Gasteiger partial charge in [-0.2, -0.15) is 0 Å². The van der Waals surface area contributed by atoms with E-state index in [1.807, 2.05) is 0 Å². The van der Waals surface area contributed by atoms with Gasteiger partial charge >= 0.3 is 11.9 Å². The van der Waals surface area contributed by atoms with E-state index in [4.69, 9.17) is 10.2 Å². The van der Waals surface area contributed by atoms with E-state index in [1.54, 1.807) is 0 Å². The lowest BCUT2D eigenvalue weighted by atomic mass is 10.0. The number of benzene rings is 1. The van der Waals surface area contributed by atoms with Crippen LogP contribution in [0.15, 0.2) is 18.2 Å². The van der Waals surface area contributed by atoms with Crippen molar-refractivity contribution in [1.29, 1.82) is 0 Å². The molecule has 0 amide bonds. The molecule has 1 aromatic carbocycles. The molecule has 0 radical (unpaired) electrons. The number of carboxylic acids is 2. The van der Waals surface area contributed by atoms with Gasteiger partial charge in [-0.05, 0) is 18.2 Å². The molecule has 0 saturated carbocycles. The van der Waals surface area contributed by atoms with Crippen molar-refractivity contribution in [3.63, 3.8) is 0 Å². The van der Waals surface area contributed by atoms with Gasteiger partial charge in [0.05, 0.1) is 17.5 Å². The highest BCUT2D eigenvalue weighted by molar-refractivity contribution is 5.95. The van der Waals surface area contributed by atoms with Gasteiger partial charge in [0.25, 0.3) is 0 Å². The summed E-state index contributed by atoms with van der Waals surface area (Å²) < 4.78 is 0. The Bertz CT molecular complexity index is 534. The molecule has 0 unspecified atom stereocenters. The number of carbonyl (C=O) groups excluding carboxylic acids is 1. The van der Waals surface area contributed by atoms with Crippen molar-refractivity contribution in [2.45, 2.75) is 6.42 Å². The minimum absolute atomic E-state index is 0.000257. The zero-order valence-corrected chi connectivity index (χ0v) is 8.64. The van der Waals surface area contributed by atoms with Gasteiger partial charge in [0.1, 0.15) is 6.29 Å². The summed E-state index contributed by atoms with van der Waals surface area (Å²) in [5.41, 5.74) is -0.129. The van der Waals surface area contributed by atoms with Crippen LogP contribution in [0.4, 0.5) is 0 Å². The van der Waals surface area contributed by atoms with Crippen molar-refractivity contribution in [2.75, 3.05) is 0 Å². The smallest absolute Gasteiger partial charge is 0.336 e. The number of rotatable bonds is 3. The molecule has 0 heterocycles. The van der Waals surface area contributed by atoms with Crippen LogP contribution in [0.3, 0.4) is 0 Å². The maximum atomic E-state index is 10.9. The summed E-state index contributed by atoms with van der Waals surface area (Å²) in [5, 5.41) is 17.6. The van der Waals surface area contributed by atoms with Crippen LogP contribution in [0.25, 0.3) is 0 Å². The number of hydrogen-bond donors (Lipinski definition) is 2. The van der Waals surface area contributed by atoms with Crippen molar-refractivity contribution in [2.24, 2.45) is 0 Å². The van der Waals surface area contributed by atoms with E-state index >= 15 is 0 Å². The van der Waals surface area contributed by atoms with E-state index in [9.17, 15) is 14.4 Å². The second kappa shape index (κ2) is 5.47. The molecular formula is C12H8O5. The van der Waals surface area contributed by atoms with E-state index in [-0.39, 0.29) is 23.1 Å². The summed E-state index contributed by atoms with van der Waals surface area (Å²) in [6, 6.07) is 3.61. The predicted molar refractivity (Wildman–Crippen MR) is 57.9 cm³/mol. The minimum atomic E-state index is -1.26. The summed E-state index contributed by atoms with van der Waals surface area (Å²) in [7, 11) is 0. The van der Waals surface area contributed by atoms with Crippen LogP contribution >= 0.6 is 0 Å². The molecule has 0 aliphatic carbocycles. The van der Waals surface area contributed by atoms with Gasteiger partial charge in [-0.15, -0.1) is 0 Å². The molecule has 0 aromatic heterocycles. The van der Waals surface area contributed by atoms with Crippen molar-refractivity contribution < 1.29 is 24.6 Å². The van der Waals surface area contributed by atoms with E-state index in [1.165, 1.54) is 12.1 Å². The molecule has 0 saturated heterocycles. The molecule has 17 heavy (non-hydrogen) atoms. The van der Waals surface area contributed by atoms with Gasteiger partial charge in [0.15, 0.2) is 0 Å². The molecule has 86 valence electrons. The second-order valence-electron chi connectivity index (χ2n) is 3.04. The van der Waals surface area contributed by atoms with Crippen LogP contribution in [0.2, 0.25) is 0 Å². The van der Waals surface area contributed by atoms with Crippen LogP contribution in [0.1, 0.15) is 32.7 Å². The monoisotopic (exact) mass is 232 g/mol. The lowest BCUT2D eigenvalue weighted by Gasteiger charge is -2.00. The van der Waals surface area contributed by atoms with Crippen molar-refractivity contribution >= 4 is 18.2 Å². The maximum absolute atomic E-state index is 10.9. The largest absolute Gasteiger partial charge is 0.478 e. The zero-order valence-electron chi connectivity index (χ0n) is 8.64. The fourth-order valence-corrected chi connectivity index (χ4v) is 1.15. The van der Waals surface area contributed by atoms with Crippen LogP contribution < -0.4 is 0 Å². The van der Waals surface area contributed by atoms with Gasteiger partial charge in [0, 0.05) is 5.56 Å². The lowest BCUT2D eigenvalue weighted by Crippen LogP contribution is -2.04. The number of aldehydes is 1. The Morgan fingerprint density at radius 1 is 1.24 bits per heavy atom. The Hall–Kier alpha value is -2.61. The standard InChI is InChI=1S/C12H8O5/c13-6-2-1-3-8-4-5-9(11(14)15)7-10(8)12(16)17/h4-7H,2H2,(H,14,15)(H,16,17). The Morgan fingerprint density at radius 2 is 1.94 bits per heavy atom. The highest BCUT2D eigenvalue weighted by Gasteiger charge is 2.12. The molecule has 5 nitrogen and oxygen atoms in total. The van der Waals surface area contributed by atoms with E-state index in [0.717, 1.165) is 6.07 Å². The molecule has 0 spiro atoms. The molecule has 5 heteroatoms. The Morgan fingerprint density at radius 3 is 2.47 bits per heavy atom. The second-order valence-corrected chi connectivity index (χ2v) is 3.04. The first-order valence-corrected chi connectivity index (χ1v) is 4.59. The number of aromatic carboxylic acids is 2. The fourth-order valence-electron chi connectivity index (χ4n) is 1.15. The van der Waals surface area contributed by atoms with Gasteiger partial charge in [-0.25, -0.2) is 9.59 Å². The van der Waals surface area contributed by atoms with Gasteiger partial charge in [-0.3, -0.25) is 0 Å². The fraction of sp³-hybridized carbons (Fsp3) is 0.0833. The maximum Gasteiger partial charge on any atom is 0.336 e. The summed E-state index contributed by atoms with van der Waals surface area (Å²) >= 11 is 0. The summed E-state index contributed by atoms with van der Waals surface area (Å²) in [5.74, 6) is 2.50. The van der Waals surface area contributed by atoms with E-state index in [0.29, 0.717) is 6.29 Å². The third-order valence-electron chi connectivity index (χ3n) is 1.91. The molecule has 0 aliphatic heterocycles. The number of hydrogen-bond acceptors (Lipinski definition) is 3. The van der Waals surface area contributed by atoms with Crippen molar-refractivity contribution in [1.82, 2.24) is 0 Å². The molecule has 0 bridgehead atoms. The first-order valence-electron chi connectivity index (χ1n) is 4.59. The first-order chi connectivity index (χ1) is 8.06. The van der Waals surface area contributed by atoms with Crippen LogP contribution in [-0.2, 0) is 4.79 Å². The Balaban J connectivity index is 3.23. The van der Waals surface area contributed by atoms with Crippen LogP contribution in [0, 0.1) is 11.8 Å². The Kier molecular flexibility index (Phi) is 4.01. The zero-order chi connectivity index (χ0) is 12.8.